The fourth-order valence-electron chi connectivity index (χ4n) is 3.80. The predicted molar refractivity (Wildman–Crippen MR) is 132 cm³/mol. The lowest BCUT2D eigenvalue weighted by molar-refractivity contribution is -0.121. The number of aromatic nitrogens is 2. The highest BCUT2D eigenvalue weighted by atomic mass is 127. The monoisotopic (exact) mass is 524 g/mol. The molecule has 8 heteroatoms. The molecule has 30 heavy (non-hydrogen) atoms. The first-order chi connectivity index (χ1) is 14.1. The number of amides is 1. The zero-order valence-corrected chi connectivity index (χ0v) is 20.4. The van der Waals surface area contributed by atoms with E-state index in [9.17, 15) is 4.79 Å². The average molecular weight is 524 g/mol. The molecule has 1 fully saturated rings. The Kier molecular flexibility index (Phi) is 9.61. The Balaban J connectivity index is 0.00000320. The third kappa shape index (κ3) is 6.72. The molecule has 3 N–H and O–H groups in total. The molecule has 0 aliphatic heterocycles. The molecule has 0 spiro atoms. The number of benzene rings is 1. The van der Waals surface area contributed by atoms with E-state index in [1.807, 2.05) is 23.7 Å². The molecule has 0 bridgehead atoms. The standard InChI is InChI=1S/C22H32N6O.HI/c1-16-14-17(2)28(27-16)20-11-7-4-8-18(20)15-25-22(23-3)24-13-12-21(29)26-19-9-5-6-10-19;/h4,7-8,11,14,19H,5-6,9-10,12-13,15H2,1-3H3,(H,26,29)(H2,23,24,25);1H. The largest absolute Gasteiger partial charge is 0.356 e. The molecule has 3 rings (SSSR count). The summed E-state index contributed by atoms with van der Waals surface area (Å²) in [5, 5.41) is 14.3. The lowest BCUT2D eigenvalue weighted by Crippen LogP contribution is -2.40. The van der Waals surface area contributed by atoms with E-state index in [-0.39, 0.29) is 29.9 Å². The number of carbonyl (C=O) groups is 1. The van der Waals surface area contributed by atoms with Crippen LogP contribution in [0.5, 0.6) is 0 Å². The van der Waals surface area contributed by atoms with Gasteiger partial charge in [0.05, 0.1) is 11.4 Å². The van der Waals surface area contributed by atoms with E-state index >= 15 is 0 Å². The number of para-hydroxylation sites is 1. The Morgan fingerprint density at radius 3 is 2.60 bits per heavy atom. The van der Waals surface area contributed by atoms with Gasteiger partial charge in [0.1, 0.15) is 0 Å². The van der Waals surface area contributed by atoms with Crippen molar-refractivity contribution in [3.63, 3.8) is 0 Å². The van der Waals surface area contributed by atoms with Gasteiger partial charge in [-0.25, -0.2) is 4.68 Å². The van der Waals surface area contributed by atoms with Crippen LogP contribution in [-0.2, 0) is 11.3 Å². The minimum atomic E-state index is 0. The van der Waals surface area contributed by atoms with Gasteiger partial charge in [-0.3, -0.25) is 9.79 Å². The first kappa shape index (κ1) is 24.2. The molecule has 0 radical (unpaired) electrons. The zero-order chi connectivity index (χ0) is 20.6. The van der Waals surface area contributed by atoms with Crippen molar-refractivity contribution in [2.45, 2.75) is 58.5 Å². The summed E-state index contributed by atoms with van der Waals surface area (Å²) in [6.45, 7) is 5.22. The number of nitrogens with one attached hydrogen (secondary N) is 3. The number of guanidine groups is 1. The Hall–Kier alpha value is -2.10. The first-order valence-corrected chi connectivity index (χ1v) is 10.4. The molecule has 1 amide bonds. The number of nitrogens with zero attached hydrogens (tertiary/aromatic N) is 3. The van der Waals surface area contributed by atoms with Crippen molar-refractivity contribution in [1.82, 2.24) is 25.7 Å². The quantitative estimate of drug-likeness (QED) is 0.295. The van der Waals surface area contributed by atoms with Crippen molar-refractivity contribution in [3.05, 3.63) is 47.3 Å². The molecule has 2 aromatic rings. The Bertz CT molecular complexity index is 857. The number of rotatable bonds is 7. The van der Waals surface area contributed by atoms with Crippen molar-refractivity contribution in [1.29, 1.82) is 0 Å². The number of hydrogen-bond donors (Lipinski definition) is 3. The predicted octanol–water partition coefficient (Wildman–Crippen LogP) is 3.22. The average Bonchev–Trinajstić information content (AvgIpc) is 3.33. The minimum absolute atomic E-state index is 0. The maximum atomic E-state index is 12.1. The van der Waals surface area contributed by atoms with Crippen LogP contribution in [0.2, 0.25) is 0 Å². The van der Waals surface area contributed by atoms with Crippen molar-refractivity contribution in [3.8, 4) is 5.69 Å². The van der Waals surface area contributed by atoms with Gasteiger partial charge in [-0.2, -0.15) is 5.10 Å². The second-order valence-electron chi connectivity index (χ2n) is 7.62. The lowest BCUT2D eigenvalue weighted by Gasteiger charge is -2.15. The molecule has 0 atom stereocenters. The molecule has 7 nitrogen and oxygen atoms in total. The van der Waals surface area contributed by atoms with Crippen LogP contribution >= 0.6 is 24.0 Å². The molecule has 1 heterocycles. The van der Waals surface area contributed by atoms with Gasteiger partial charge in [-0.15, -0.1) is 24.0 Å². The highest BCUT2D eigenvalue weighted by Gasteiger charge is 2.16. The van der Waals surface area contributed by atoms with Gasteiger partial charge in [-0.05, 0) is 44.4 Å². The number of hydrogen-bond acceptors (Lipinski definition) is 3. The van der Waals surface area contributed by atoms with Gasteiger partial charge in [0, 0.05) is 38.3 Å². The third-order valence-corrected chi connectivity index (χ3v) is 5.26. The van der Waals surface area contributed by atoms with Gasteiger partial charge in [0.15, 0.2) is 5.96 Å². The number of aryl methyl sites for hydroxylation is 2. The summed E-state index contributed by atoms with van der Waals surface area (Å²) in [4.78, 5) is 16.3. The Labute approximate surface area is 196 Å². The summed E-state index contributed by atoms with van der Waals surface area (Å²) < 4.78 is 1.97. The molecule has 164 valence electrons. The minimum Gasteiger partial charge on any atom is -0.356 e. The topological polar surface area (TPSA) is 83.3 Å². The van der Waals surface area contributed by atoms with E-state index in [4.69, 9.17) is 0 Å². The number of halogens is 1. The molecule has 1 aromatic heterocycles. The van der Waals surface area contributed by atoms with E-state index in [0.29, 0.717) is 31.5 Å². The summed E-state index contributed by atoms with van der Waals surface area (Å²) >= 11 is 0. The molecule has 1 saturated carbocycles. The molecule has 1 aliphatic rings. The highest BCUT2D eigenvalue weighted by molar-refractivity contribution is 14.0. The zero-order valence-electron chi connectivity index (χ0n) is 18.1. The molecular formula is C22H33IN6O. The number of aliphatic imine (C=N–C) groups is 1. The van der Waals surface area contributed by atoms with Crippen LogP contribution in [0.1, 0.15) is 49.1 Å². The summed E-state index contributed by atoms with van der Waals surface area (Å²) in [5.74, 6) is 0.788. The van der Waals surface area contributed by atoms with E-state index in [1.54, 1.807) is 7.05 Å². The summed E-state index contributed by atoms with van der Waals surface area (Å²) in [6, 6.07) is 10.6. The van der Waals surface area contributed by atoms with Crippen molar-refractivity contribution < 1.29 is 4.79 Å². The van der Waals surface area contributed by atoms with Gasteiger partial charge in [-0.1, -0.05) is 31.0 Å². The summed E-state index contributed by atoms with van der Waals surface area (Å²) in [7, 11) is 1.74. The SMILES string of the molecule is CN=C(NCCC(=O)NC1CCCC1)NCc1ccccc1-n1nc(C)cc1C.I. The van der Waals surface area contributed by atoms with Crippen LogP contribution in [-0.4, -0.2) is 41.3 Å². The maximum Gasteiger partial charge on any atom is 0.221 e. The van der Waals surface area contributed by atoms with Crippen molar-refractivity contribution in [2.24, 2.45) is 4.99 Å². The number of carbonyl (C=O) groups excluding carboxylic acids is 1. The Morgan fingerprint density at radius 1 is 1.20 bits per heavy atom. The summed E-state index contributed by atoms with van der Waals surface area (Å²) in [6.07, 6.45) is 5.10. The van der Waals surface area contributed by atoms with Gasteiger partial charge in [0.25, 0.3) is 0 Å². The van der Waals surface area contributed by atoms with E-state index < -0.39 is 0 Å². The molecular weight excluding hydrogens is 491 g/mol. The van der Waals surface area contributed by atoms with Crippen LogP contribution in [0.4, 0.5) is 0 Å². The van der Waals surface area contributed by atoms with Gasteiger partial charge in [0.2, 0.25) is 5.91 Å². The molecule has 1 aliphatic carbocycles. The van der Waals surface area contributed by atoms with Crippen molar-refractivity contribution in [2.75, 3.05) is 13.6 Å². The van der Waals surface area contributed by atoms with Crippen LogP contribution in [0, 0.1) is 13.8 Å². The highest BCUT2D eigenvalue weighted by Crippen LogP contribution is 2.18. The smallest absolute Gasteiger partial charge is 0.221 e. The first-order valence-electron chi connectivity index (χ1n) is 10.4. The maximum absolute atomic E-state index is 12.1. The van der Waals surface area contributed by atoms with Gasteiger partial charge < -0.3 is 16.0 Å². The molecule has 0 saturated heterocycles. The van der Waals surface area contributed by atoms with Crippen molar-refractivity contribution >= 4 is 35.8 Å². The van der Waals surface area contributed by atoms with Crippen LogP contribution in [0.3, 0.4) is 0 Å². The van der Waals surface area contributed by atoms with Crippen LogP contribution in [0.15, 0.2) is 35.3 Å². The lowest BCUT2D eigenvalue weighted by atomic mass is 10.1. The second-order valence-corrected chi connectivity index (χ2v) is 7.62. The molecule has 0 unspecified atom stereocenters. The Morgan fingerprint density at radius 2 is 1.93 bits per heavy atom. The van der Waals surface area contributed by atoms with E-state index in [0.717, 1.165) is 35.5 Å². The van der Waals surface area contributed by atoms with E-state index in [1.165, 1.54) is 12.8 Å². The third-order valence-electron chi connectivity index (χ3n) is 5.26. The fraction of sp³-hybridized carbons (Fsp3) is 0.500. The summed E-state index contributed by atoms with van der Waals surface area (Å²) in [5.41, 5.74) is 4.28. The van der Waals surface area contributed by atoms with Gasteiger partial charge >= 0.3 is 0 Å². The normalized spacial score (nSPS) is 14.3. The fourth-order valence-corrected chi connectivity index (χ4v) is 3.80. The van der Waals surface area contributed by atoms with Crippen LogP contribution in [0.25, 0.3) is 5.69 Å². The van der Waals surface area contributed by atoms with E-state index in [2.05, 4.69) is 51.2 Å². The second kappa shape index (κ2) is 11.9. The molecule has 1 aromatic carbocycles. The van der Waals surface area contributed by atoms with Crippen LogP contribution < -0.4 is 16.0 Å².